The summed E-state index contributed by atoms with van der Waals surface area (Å²) in [7, 11) is -3.41. The number of nitrogens with one attached hydrogen (secondary N) is 1. The van der Waals surface area contributed by atoms with Crippen LogP contribution in [0, 0.1) is 0 Å². The van der Waals surface area contributed by atoms with Gasteiger partial charge in [-0.1, -0.05) is 12.1 Å². The number of carbonyl (C=O) groups is 1. The van der Waals surface area contributed by atoms with Gasteiger partial charge in [-0.25, -0.2) is 13.1 Å². The Morgan fingerprint density at radius 3 is 2.54 bits per heavy atom. The second kappa shape index (κ2) is 7.21. The quantitative estimate of drug-likeness (QED) is 0.767. The van der Waals surface area contributed by atoms with Crippen LogP contribution in [0.3, 0.4) is 0 Å². The van der Waals surface area contributed by atoms with Gasteiger partial charge in [-0.15, -0.1) is 0 Å². The van der Waals surface area contributed by atoms with Crippen molar-refractivity contribution in [3.05, 3.63) is 29.8 Å². The highest BCUT2D eigenvalue weighted by Gasteiger charge is 2.28. The van der Waals surface area contributed by atoms with Crippen molar-refractivity contribution in [3.63, 3.8) is 0 Å². The van der Waals surface area contributed by atoms with Gasteiger partial charge in [-0.05, 0) is 49.8 Å². The van der Waals surface area contributed by atoms with Gasteiger partial charge in [0.1, 0.15) is 0 Å². The zero-order valence-electron chi connectivity index (χ0n) is 13.8. The Balaban J connectivity index is 1.55. The summed E-state index contributed by atoms with van der Waals surface area (Å²) in [5, 5.41) is 0. The van der Waals surface area contributed by atoms with Crippen molar-refractivity contribution in [2.45, 2.75) is 55.5 Å². The van der Waals surface area contributed by atoms with Crippen molar-refractivity contribution < 1.29 is 13.2 Å². The van der Waals surface area contributed by atoms with Crippen LogP contribution in [0.15, 0.2) is 29.2 Å². The van der Waals surface area contributed by atoms with E-state index in [2.05, 4.69) is 4.72 Å². The van der Waals surface area contributed by atoms with Crippen LogP contribution in [0.2, 0.25) is 0 Å². The van der Waals surface area contributed by atoms with E-state index >= 15 is 0 Å². The first kappa shape index (κ1) is 17.4. The summed E-state index contributed by atoms with van der Waals surface area (Å²) in [5.74, 6) is 0.134. The van der Waals surface area contributed by atoms with Gasteiger partial charge in [0.05, 0.1) is 4.90 Å². The molecule has 1 aliphatic heterocycles. The zero-order chi connectivity index (χ0) is 17.2. The van der Waals surface area contributed by atoms with Gasteiger partial charge < -0.3 is 10.6 Å². The number of hydrogen-bond acceptors (Lipinski definition) is 4. The second-order valence-electron chi connectivity index (χ2n) is 6.66. The van der Waals surface area contributed by atoms with E-state index in [9.17, 15) is 13.2 Å². The maximum Gasteiger partial charge on any atom is 0.240 e. The molecular weight excluding hydrogens is 326 g/mol. The zero-order valence-corrected chi connectivity index (χ0v) is 14.6. The van der Waals surface area contributed by atoms with Gasteiger partial charge >= 0.3 is 0 Å². The molecule has 1 aliphatic carbocycles. The molecule has 1 saturated carbocycles. The Hall–Kier alpha value is -1.44. The van der Waals surface area contributed by atoms with E-state index < -0.39 is 10.0 Å². The van der Waals surface area contributed by atoms with Crippen molar-refractivity contribution in [2.75, 3.05) is 13.1 Å². The lowest BCUT2D eigenvalue weighted by atomic mass is 10.1. The summed E-state index contributed by atoms with van der Waals surface area (Å²) in [4.78, 5) is 14.5. The highest BCUT2D eigenvalue weighted by atomic mass is 32.2. The Labute approximate surface area is 143 Å². The first-order chi connectivity index (χ1) is 11.5. The van der Waals surface area contributed by atoms with Crippen LogP contribution in [0.25, 0.3) is 0 Å². The average molecular weight is 351 g/mol. The number of amides is 1. The van der Waals surface area contributed by atoms with E-state index in [0.717, 1.165) is 37.8 Å². The molecule has 6 nitrogen and oxygen atoms in total. The number of carbonyl (C=O) groups excluding carboxylic acids is 1. The van der Waals surface area contributed by atoms with E-state index in [4.69, 9.17) is 5.73 Å². The summed E-state index contributed by atoms with van der Waals surface area (Å²) in [6.45, 7) is 1.32. The molecule has 1 atom stereocenters. The van der Waals surface area contributed by atoms with Gasteiger partial charge in [0, 0.05) is 31.6 Å². The Morgan fingerprint density at radius 2 is 1.92 bits per heavy atom. The van der Waals surface area contributed by atoms with Crippen LogP contribution in [0.4, 0.5) is 0 Å². The van der Waals surface area contributed by atoms with Crippen LogP contribution in [0.1, 0.15) is 37.7 Å². The highest BCUT2D eigenvalue weighted by Crippen LogP contribution is 2.22. The Morgan fingerprint density at radius 1 is 1.21 bits per heavy atom. The lowest BCUT2D eigenvalue weighted by Gasteiger charge is -2.23. The molecule has 2 fully saturated rings. The summed E-state index contributed by atoms with van der Waals surface area (Å²) >= 11 is 0. The number of benzene rings is 1. The third kappa shape index (κ3) is 4.15. The summed E-state index contributed by atoms with van der Waals surface area (Å²) < 4.78 is 26.9. The third-order valence-corrected chi connectivity index (χ3v) is 6.27. The van der Waals surface area contributed by atoms with Crippen molar-refractivity contribution >= 4 is 15.9 Å². The number of rotatable bonds is 7. The van der Waals surface area contributed by atoms with E-state index in [1.165, 1.54) is 0 Å². The summed E-state index contributed by atoms with van der Waals surface area (Å²) in [5.41, 5.74) is 6.68. The SMILES string of the molecule is NCC1CCCN1C(=O)CCc1ccc(S(=O)(=O)NC2CC2)cc1. The number of likely N-dealkylation sites (tertiary alicyclic amines) is 1. The number of sulfonamides is 1. The van der Waals surface area contributed by atoms with Crippen molar-refractivity contribution in [2.24, 2.45) is 5.73 Å². The smallest absolute Gasteiger partial charge is 0.240 e. The monoisotopic (exact) mass is 351 g/mol. The minimum absolute atomic E-state index is 0.100. The second-order valence-corrected chi connectivity index (χ2v) is 8.37. The minimum atomic E-state index is -3.41. The third-order valence-electron chi connectivity index (χ3n) is 4.73. The average Bonchev–Trinajstić information content (AvgIpc) is 3.24. The largest absolute Gasteiger partial charge is 0.338 e. The molecule has 1 aromatic carbocycles. The molecule has 3 N–H and O–H groups in total. The highest BCUT2D eigenvalue weighted by molar-refractivity contribution is 7.89. The molecule has 132 valence electrons. The van der Waals surface area contributed by atoms with Gasteiger partial charge in [-0.2, -0.15) is 0 Å². The molecule has 2 aliphatic rings. The maximum atomic E-state index is 12.3. The van der Waals surface area contributed by atoms with Gasteiger partial charge in [0.25, 0.3) is 0 Å². The predicted molar refractivity (Wildman–Crippen MR) is 91.9 cm³/mol. The molecule has 0 bridgehead atoms. The number of nitrogens with zero attached hydrogens (tertiary/aromatic N) is 1. The van der Waals surface area contributed by atoms with Crippen LogP contribution in [-0.4, -0.2) is 44.4 Å². The van der Waals surface area contributed by atoms with E-state index in [1.807, 2.05) is 4.90 Å². The molecule has 24 heavy (non-hydrogen) atoms. The van der Waals surface area contributed by atoms with Gasteiger partial charge in [-0.3, -0.25) is 4.79 Å². The Bertz CT molecular complexity index is 684. The molecule has 3 rings (SSSR count). The standard InChI is InChI=1S/C17H25N3O3S/c18-12-15-2-1-11-20(15)17(21)10-5-13-3-8-16(9-4-13)24(22,23)19-14-6-7-14/h3-4,8-9,14-15,19H,1-2,5-7,10-12,18H2. The van der Waals surface area contributed by atoms with Gasteiger partial charge in [0.15, 0.2) is 0 Å². The fourth-order valence-corrected chi connectivity index (χ4v) is 4.43. The predicted octanol–water partition coefficient (Wildman–Crippen LogP) is 1.01. The first-order valence-corrected chi connectivity index (χ1v) is 10.1. The number of aryl methyl sites for hydroxylation is 1. The summed E-state index contributed by atoms with van der Waals surface area (Å²) in [6, 6.07) is 7.09. The molecule has 1 unspecified atom stereocenters. The molecule has 0 aromatic heterocycles. The van der Waals surface area contributed by atoms with Crippen LogP contribution < -0.4 is 10.5 Å². The Kier molecular flexibility index (Phi) is 5.22. The normalized spacial score (nSPS) is 21.2. The van der Waals surface area contributed by atoms with Crippen molar-refractivity contribution in [1.82, 2.24) is 9.62 Å². The molecule has 0 radical (unpaired) electrons. The fraction of sp³-hybridized carbons (Fsp3) is 0.588. The maximum absolute atomic E-state index is 12.3. The van der Waals surface area contributed by atoms with Crippen LogP contribution in [0.5, 0.6) is 0 Å². The molecular formula is C17H25N3O3S. The lowest BCUT2D eigenvalue weighted by Crippen LogP contribution is -2.39. The van der Waals surface area contributed by atoms with Crippen LogP contribution in [-0.2, 0) is 21.2 Å². The molecule has 1 saturated heterocycles. The van der Waals surface area contributed by atoms with E-state index in [-0.39, 0.29) is 22.9 Å². The summed E-state index contributed by atoms with van der Waals surface area (Å²) in [6.07, 6.45) is 4.89. The van der Waals surface area contributed by atoms with Crippen molar-refractivity contribution in [1.29, 1.82) is 0 Å². The van der Waals surface area contributed by atoms with Crippen LogP contribution >= 0.6 is 0 Å². The minimum Gasteiger partial charge on any atom is -0.338 e. The van der Waals surface area contributed by atoms with Crippen molar-refractivity contribution in [3.8, 4) is 0 Å². The lowest BCUT2D eigenvalue weighted by molar-refractivity contribution is -0.131. The number of hydrogen-bond donors (Lipinski definition) is 2. The molecule has 0 spiro atoms. The van der Waals surface area contributed by atoms with Gasteiger partial charge in [0.2, 0.25) is 15.9 Å². The fourth-order valence-electron chi connectivity index (χ4n) is 3.13. The molecule has 1 heterocycles. The molecule has 1 amide bonds. The molecule has 1 aromatic rings. The molecule has 7 heteroatoms. The topological polar surface area (TPSA) is 92.5 Å². The van der Waals surface area contributed by atoms with E-state index in [1.54, 1.807) is 24.3 Å². The van der Waals surface area contributed by atoms with E-state index in [0.29, 0.717) is 19.4 Å². The first-order valence-electron chi connectivity index (χ1n) is 8.60. The number of nitrogens with two attached hydrogens (primary N) is 1.